The Morgan fingerprint density at radius 2 is 1.95 bits per heavy atom. The van der Waals surface area contributed by atoms with E-state index >= 15 is 0 Å². The summed E-state index contributed by atoms with van der Waals surface area (Å²) in [6.07, 6.45) is 1.04. The van der Waals surface area contributed by atoms with Gasteiger partial charge in [0, 0.05) is 12.1 Å². The normalized spacial score (nSPS) is 12.2. The predicted molar refractivity (Wildman–Crippen MR) is 79.3 cm³/mol. The molecule has 1 heterocycles. The molecular formula is C14H17ClN4. The van der Waals surface area contributed by atoms with Crippen LogP contribution in [-0.4, -0.2) is 9.97 Å². The number of nitrogens with one attached hydrogen (secondary N) is 1. The van der Waals surface area contributed by atoms with Crippen molar-refractivity contribution in [1.29, 1.82) is 0 Å². The molecule has 0 bridgehead atoms. The Morgan fingerprint density at radius 1 is 1.26 bits per heavy atom. The fraction of sp³-hybridized carbons (Fsp3) is 0.286. The smallest absolute Gasteiger partial charge is 0.223 e. The van der Waals surface area contributed by atoms with Crippen molar-refractivity contribution in [1.82, 2.24) is 9.97 Å². The average Bonchev–Trinajstić information content (AvgIpc) is 2.37. The summed E-state index contributed by atoms with van der Waals surface area (Å²) in [5.74, 6) is 0.799. The van der Waals surface area contributed by atoms with Crippen LogP contribution in [0, 0.1) is 0 Å². The lowest BCUT2D eigenvalue weighted by Gasteiger charge is -2.15. The second-order valence-electron chi connectivity index (χ2n) is 4.40. The van der Waals surface area contributed by atoms with Crippen molar-refractivity contribution in [3.8, 4) is 0 Å². The fourth-order valence-electron chi connectivity index (χ4n) is 1.86. The molecule has 4 nitrogen and oxygen atoms in total. The monoisotopic (exact) mass is 276 g/mol. The Balaban J connectivity index is 2.13. The number of nitrogen functional groups attached to an aromatic ring is 1. The lowest BCUT2D eigenvalue weighted by Crippen LogP contribution is -2.09. The summed E-state index contributed by atoms with van der Waals surface area (Å²) in [6.45, 7) is 4.20. The zero-order valence-corrected chi connectivity index (χ0v) is 11.8. The van der Waals surface area contributed by atoms with Gasteiger partial charge in [0.05, 0.1) is 0 Å². The van der Waals surface area contributed by atoms with Crippen molar-refractivity contribution >= 4 is 23.4 Å². The van der Waals surface area contributed by atoms with E-state index in [0.29, 0.717) is 11.0 Å². The second kappa shape index (κ2) is 5.89. The van der Waals surface area contributed by atoms with Crippen LogP contribution in [-0.2, 0) is 6.42 Å². The molecule has 0 aliphatic rings. The maximum Gasteiger partial charge on any atom is 0.223 e. The number of aryl methyl sites for hydroxylation is 1. The highest BCUT2D eigenvalue weighted by atomic mass is 35.5. The molecule has 2 aromatic rings. The number of hydrogen-bond acceptors (Lipinski definition) is 4. The highest BCUT2D eigenvalue weighted by Crippen LogP contribution is 2.20. The molecule has 1 unspecified atom stereocenters. The number of benzene rings is 1. The first kappa shape index (κ1) is 13.6. The number of hydrogen-bond donors (Lipinski definition) is 2. The van der Waals surface area contributed by atoms with Gasteiger partial charge < -0.3 is 11.1 Å². The van der Waals surface area contributed by atoms with E-state index < -0.39 is 0 Å². The van der Waals surface area contributed by atoms with Crippen molar-refractivity contribution in [2.75, 3.05) is 11.1 Å². The molecule has 0 saturated heterocycles. The summed E-state index contributed by atoms with van der Waals surface area (Å²) in [5.41, 5.74) is 8.08. The zero-order valence-electron chi connectivity index (χ0n) is 11.0. The minimum absolute atomic E-state index is 0.122. The summed E-state index contributed by atoms with van der Waals surface area (Å²) in [5, 5.41) is 3.60. The molecule has 0 fully saturated rings. The standard InChI is InChI=1S/C14H17ClN4/c1-3-10-4-6-11(7-5-10)9(2)17-13-8-12(15)18-14(16)19-13/h4-9H,3H2,1-2H3,(H3,16,17,18,19). The molecular weight excluding hydrogens is 260 g/mol. The van der Waals surface area contributed by atoms with E-state index in [2.05, 4.69) is 53.4 Å². The molecule has 19 heavy (non-hydrogen) atoms. The first-order valence-electron chi connectivity index (χ1n) is 6.24. The molecule has 0 aliphatic heterocycles. The van der Waals surface area contributed by atoms with E-state index in [1.54, 1.807) is 6.07 Å². The van der Waals surface area contributed by atoms with E-state index in [4.69, 9.17) is 17.3 Å². The van der Waals surface area contributed by atoms with Gasteiger partial charge in [-0.3, -0.25) is 0 Å². The Bertz CT molecular complexity index is 534. The van der Waals surface area contributed by atoms with Crippen molar-refractivity contribution in [3.63, 3.8) is 0 Å². The number of anilines is 2. The zero-order chi connectivity index (χ0) is 13.8. The minimum atomic E-state index is 0.122. The third-order valence-electron chi connectivity index (χ3n) is 2.96. The second-order valence-corrected chi connectivity index (χ2v) is 4.78. The summed E-state index contributed by atoms with van der Waals surface area (Å²) >= 11 is 5.85. The molecule has 1 aromatic carbocycles. The van der Waals surface area contributed by atoms with Crippen molar-refractivity contribution < 1.29 is 0 Å². The Hall–Kier alpha value is -1.81. The maximum absolute atomic E-state index is 5.85. The van der Waals surface area contributed by atoms with Gasteiger partial charge in [-0.1, -0.05) is 42.8 Å². The van der Waals surface area contributed by atoms with Gasteiger partial charge >= 0.3 is 0 Å². The molecule has 0 saturated carbocycles. The third kappa shape index (κ3) is 3.58. The number of aromatic nitrogens is 2. The molecule has 0 spiro atoms. The van der Waals surface area contributed by atoms with Gasteiger partial charge in [-0.2, -0.15) is 4.98 Å². The van der Waals surface area contributed by atoms with Gasteiger partial charge in [-0.15, -0.1) is 0 Å². The molecule has 0 amide bonds. The first-order chi connectivity index (χ1) is 9.08. The van der Waals surface area contributed by atoms with E-state index in [9.17, 15) is 0 Å². The lowest BCUT2D eigenvalue weighted by atomic mass is 10.1. The third-order valence-corrected chi connectivity index (χ3v) is 3.16. The average molecular weight is 277 g/mol. The molecule has 1 aromatic heterocycles. The van der Waals surface area contributed by atoms with Crippen LogP contribution >= 0.6 is 11.6 Å². The van der Waals surface area contributed by atoms with E-state index in [0.717, 1.165) is 6.42 Å². The van der Waals surface area contributed by atoms with Gasteiger partial charge in [-0.25, -0.2) is 4.98 Å². The predicted octanol–water partition coefficient (Wildman–Crippen LogP) is 3.45. The molecule has 1 atom stereocenters. The van der Waals surface area contributed by atoms with Crippen LogP contribution < -0.4 is 11.1 Å². The minimum Gasteiger partial charge on any atom is -0.368 e. The van der Waals surface area contributed by atoms with E-state index in [1.165, 1.54) is 11.1 Å². The van der Waals surface area contributed by atoms with Gasteiger partial charge in [-0.05, 0) is 24.5 Å². The lowest BCUT2D eigenvalue weighted by molar-refractivity contribution is 0.871. The van der Waals surface area contributed by atoms with Crippen molar-refractivity contribution in [2.24, 2.45) is 0 Å². The highest BCUT2D eigenvalue weighted by Gasteiger charge is 2.07. The van der Waals surface area contributed by atoms with Crippen LogP contribution in [0.1, 0.15) is 31.0 Å². The van der Waals surface area contributed by atoms with Gasteiger partial charge in [0.1, 0.15) is 11.0 Å². The SMILES string of the molecule is CCc1ccc(C(C)Nc2cc(Cl)nc(N)n2)cc1. The number of nitrogens with zero attached hydrogens (tertiary/aromatic N) is 2. The quantitative estimate of drug-likeness (QED) is 0.840. The summed E-state index contributed by atoms with van der Waals surface area (Å²) in [6, 6.07) is 10.3. The highest BCUT2D eigenvalue weighted by molar-refractivity contribution is 6.29. The fourth-order valence-corrected chi connectivity index (χ4v) is 2.05. The van der Waals surface area contributed by atoms with Crippen LogP contribution in [0.15, 0.2) is 30.3 Å². The molecule has 2 rings (SSSR count). The number of rotatable bonds is 4. The van der Waals surface area contributed by atoms with Crippen LogP contribution in [0.5, 0.6) is 0 Å². The van der Waals surface area contributed by atoms with Crippen LogP contribution in [0.2, 0.25) is 5.15 Å². The van der Waals surface area contributed by atoms with Crippen LogP contribution in [0.3, 0.4) is 0 Å². The summed E-state index contributed by atoms with van der Waals surface area (Å²) in [7, 11) is 0. The first-order valence-corrected chi connectivity index (χ1v) is 6.61. The van der Waals surface area contributed by atoms with Crippen LogP contribution in [0.4, 0.5) is 11.8 Å². The Kier molecular flexibility index (Phi) is 4.22. The van der Waals surface area contributed by atoms with E-state index in [-0.39, 0.29) is 12.0 Å². The van der Waals surface area contributed by atoms with Crippen molar-refractivity contribution in [3.05, 3.63) is 46.6 Å². The molecule has 0 aliphatic carbocycles. The molecule has 0 radical (unpaired) electrons. The molecule has 5 heteroatoms. The van der Waals surface area contributed by atoms with E-state index in [1.807, 2.05) is 0 Å². The van der Waals surface area contributed by atoms with Gasteiger partial charge in [0.2, 0.25) is 5.95 Å². The Labute approximate surface area is 118 Å². The van der Waals surface area contributed by atoms with Gasteiger partial charge in [0.15, 0.2) is 0 Å². The Morgan fingerprint density at radius 3 is 2.53 bits per heavy atom. The number of halogens is 1. The van der Waals surface area contributed by atoms with Gasteiger partial charge in [0.25, 0.3) is 0 Å². The van der Waals surface area contributed by atoms with Crippen LogP contribution in [0.25, 0.3) is 0 Å². The molecule has 3 N–H and O–H groups in total. The molecule has 100 valence electrons. The maximum atomic E-state index is 5.85. The summed E-state index contributed by atoms with van der Waals surface area (Å²) in [4.78, 5) is 7.93. The van der Waals surface area contributed by atoms with Crippen molar-refractivity contribution in [2.45, 2.75) is 26.3 Å². The summed E-state index contributed by atoms with van der Waals surface area (Å²) < 4.78 is 0. The largest absolute Gasteiger partial charge is 0.368 e. The topological polar surface area (TPSA) is 63.8 Å². The number of nitrogens with two attached hydrogens (primary N) is 1.